The lowest BCUT2D eigenvalue weighted by atomic mass is 10.0. The zero-order valence-electron chi connectivity index (χ0n) is 11.5. The minimum atomic E-state index is 0.187. The first-order chi connectivity index (χ1) is 8.79. The van der Waals surface area contributed by atoms with Crippen LogP contribution < -0.4 is 5.32 Å². The molecule has 1 amide bonds. The molecule has 2 aliphatic heterocycles. The molecule has 1 N–H and O–H groups in total. The molecular weight excluding hydrogens is 228 g/mol. The Bertz CT molecular complexity index is 265. The van der Waals surface area contributed by atoms with Crippen LogP contribution in [0.3, 0.4) is 0 Å². The van der Waals surface area contributed by atoms with Crippen molar-refractivity contribution in [3.8, 4) is 0 Å². The molecule has 4 heteroatoms. The Morgan fingerprint density at radius 1 is 1.33 bits per heavy atom. The number of piperidine rings is 1. The van der Waals surface area contributed by atoms with Crippen LogP contribution in [0.2, 0.25) is 0 Å². The molecule has 2 rings (SSSR count). The van der Waals surface area contributed by atoms with Crippen molar-refractivity contribution in [2.75, 3.05) is 32.8 Å². The third-order valence-electron chi connectivity index (χ3n) is 4.06. The molecule has 18 heavy (non-hydrogen) atoms. The molecule has 0 aromatic carbocycles. The maximum Gasteiger partial charge on any atom is 0.248 e. The van der Waals surface area contributed by atoms with E-state index in [2.05, 4.69) is 12.2 Å². The van der Waals surface area contributed by atoms with Gasteiger partial charge in [-0.3, -0.25) is 4.79 Å². The van der Waals surface area contributed by atoms with Crippen LogP contribution >= 0.6 is 0 Å². The summed E-state index contributed by atoms with van der Waals surface area (Å²) in [6.07, 6.45) is 5.99. The fourth-order valence-corrected chi connectivity index (χ4v) is 2.95. The molecule has 0 aliphatic carbocycles. The Hall–Kier alpha value is -0.610. The minimum Gasteiger partial charge on any atom is -0.368 e. The summed E-state index contributed by atoms with van der Waals surface area (Å²) in [5, 5.41) is 3.30. The monoisotopic (exact) mass is 254 g/mol. The van der Waals surface area contributed by atoms with E-state index in [1.807, 2.05) is 4.90 Å². The van der Waals surface area contributed by atoms with Crippen LogP contribution in [0.25, 0.3) is 0 Å². The van der Waals surface area contributed by atoms with Gasteiger partial charge in [0.15, 0.2) is 0 Å². The van der Waals surface area contributed by atoms with Gasteiger partial charge in [-0.05, 0) is 44.7 Å². The summed E-state index contributed by atoms with van der Waals surface area (Å²) < 4.78 is 5.72. The molecule has 4 nitrogen and oxygen atoms in total. The second-order valence-corrected chi connectivity index (χ2v) is 5.54. The van der Waals surface area contributed by atoms with Crippen molar-refractivity contribution >= 4 is 5.91 Å². The number of carbonyl (C=O) groups excluding carboxylic acids is 1. The lowest BCUT2D eigenvalue weighted by molar-refractivity contribution is -0.137. The molecule has 1 unspecified atom stereocenters. The Balaban J connectivity index is 1.65. The summed E-state index contributed by atoms with van der Waals surface area (Å²) in [6, 6.07) is 0. The average Bonchev–Trinajstić information content (AvgIpc) is 2.86. The molecule has 0 bridgehead atoms. The lowest BCUT2D eigenvalue weighted by Crippen LogP contribution is -2.37. The second kappa shape index (κ2) is 7.10. The van der Waals surface area contributed by atoms with Crippen molar-refractivity contribution in [2.45, 2.75) is 45.1 Å². The molecule has 104 valence electrons. The summed E-state index contributed by atoms with van der Waals surface area (Å²) in [6.45, 7) is 6.40. The molecule has 2 heterocycles. The van der Waals surface area contributed by atoms with Crippen LogP contribution in [0.15, 0.2) is 0 Å². The molecule has 2 aliphatic rings. The molecule has 0 spiro atoms. The Morgan fingerprint density at radius 2 is 2.11 bits per heavy atom. The van der Waals surface area contributed by atoms with E-state index >= 15 is 0 Å². The van der Waals surface area contributed by atoms with Crippen LogP contribution in [0, 0.1) is 5.92 Å². The second-order valence-electron chi connectivity index (χ2n) is 5.54. The van der Waals surface area contributed by atoms with Gasteiger partial charge >= 0.3 is 0 Å². The van der Waals surface area contributed by atoms with Gasteiger partial charge in [0.2, 0.25) is 5.91 Å². The van der Waals surface area contributed by atoms with Crippen molar-refractivity contribution in [3.05, 3.63) is 0 Å². The highest BCUT2D eigenvalue weighted by molar-refractivity contribution is 5.77. The number of nitrogens with zero attached hydrogens (tertiary/aromatic N) is 1. The highest BCUT2D eigenvalue weighted by atomic mass is 16.5. The third-order valence-corrected chi connectivity index (χ3v) is 4.06. The predicted octanol–water partition coefficient (Wildman–Crippen LogP) is 1.40. The number of hydrogen-bond donors (Lipinski definition) is 1. The summed E-state index contributed by atoms with van der Waals surface area (Å²) in [4.78, 5) is 14.0. The van der Waals surface area contributed by atoms with E-state index in [1.165, 1.54) is 19.3 Å². The topological polar surface area (TPSA) is 41.6 Å². The Morgan fingerprint density at radius 3 is 2.83 bits per heavy atom. The summed E-state index contributed by atoms with van der Waals surface area (Å²) >= 11 is 0. The first-order valence-electron chi connectivity index (χ1n) is 7.39. The van der Waals surface area contributed by atoms with E-state index in [1.54, 1.807) is 0 Å². The van der Waals surface area contributed by atoms with Gasteiger partial charge in [0.25, 0.3) is 0 Å². The Labute approximate surface area is 110 Å². The van der Waals surface area contributed by atoms with E-state index < -0.39 is 0 Å². The predicted molar refractivity (Wildman–Crippen MR) is 71.4 cm³/mol. The largest absolute Gasteiger partial charge is 0.368 e. The van der Waals surface area contributed by atoms with Crippen molar-refractivity contribution < 1.29 is 9.53 Å². The van der Waals surface area contributed by atoms with Gasteiger partial charge in [0.1, 0.15) is 6.61 Å². The van der Waals surface area contributed by atoms with Crippen molar-refractivity contribution in [1.29, 1.82) is 0 Å². The Kier molecular flexibility index (Phi) is 5.45. The molecule has 0 radical (unpaired) electrons. The number of amides is 1. The first-order valence-corrected chi connectivity index (χ1v) is 7.39. The SMILES string of the molecule is CCCC1CCN(C(=O)COC2CCNCC2)C1. The molecule has 0 aromatic rings. The summed E-state index contributed by atoms with van der Waals surface area (Å²) in [5.74, 6) is 0.907. The van der Waals surface area contributed by atoms with Crippen LogP contribution in [0.1, 0.15) is 39.0 Å². The zero-order valence-corrected chi connectivity index (χ0v) is 11.5. The van der Waals surface area contributed by atoms with E-state index in [4.69, 9.17) is 4.74 Å². The van der Waals surface area contributed by atoms with Crippen LogP contribution in [0.5, 0.6) is 0 Å². The standard InChI is InChI=1S/C14H26N2O2/c1-2-3-12-6-9-16(10-12)14(17)11-18-13-4-7-15-8-5-13/h12-13,15H,2-11H2,1H3. The molecular formula is C14H26N2O2. The molecule has 1 atom stereocenters. The van der Waals surface area contributed by atoms with Crippen molar-refractivity contribution in [1.82, 2.24) is 10.2 Å². The number of hydrogen-bond acceptors (Lipinski definition) is 3. The molecule has 2 saturated heterocycles. The fraction of sp³-hybridized carbons (Fsp3) is 0.929. The van der Waals surface area contributed by atoms with Gasteiger partial charge in [0.05, 0.1) is 6.10 Å². The molecule has 2 fully saturated rings. The van der Waals surface area contributed by atoms with E-state index in [0.717, 1.165) is 44.9 Å². The third kappa shape index (κ3) is 3.95. The smallest absolute Gasteiger partial charge is 0.248 e. The first kappa shape index (κ1) is 13.8. The highest BCUT2D eigenvalue weighted by Crippen LogP contribution is 2.21. The van der Waals surface area contributed by atoms with Crippen molar-refractivity contribution in [3.63, 3.8) is 0 Å². The van der Waals surface area contributed by atoms with E-state index in [9.17, 15) is 4.79 Å². The van der Waals surface area contributed by atoms with Gasteiger partial charge in [0, 0.05) is 13.1 Å². The number of nitrogens with one attached hydrogen (secondary N) is 1. The maximum absolute atomic E-state index is 12.0. The number of likely N-dealkylation sites (tertiary alicyclic amines) is 1. The van der Waals surface area contributed by atoms with Crippen LogP contribution in [-0.2, 0) is 9.53 Å². The van der Waals surface area contributed by atoms with E-state index in [-0.39, 0.29) is 18.6 Å². The van der Waals surface area contributed by atoms with Gasteiger partial charge in [-0.25, -0.2) is 0 Å². The molecule has 0 aromatic heterocycles. The quantitative estimate of drug-likeness (QED) is 0.806. The minimum absolute atomic E-state index is 0.187. The molecule has 0 saturated carbocycles. The van der Waals surface area contributed by atoms with Crippen molar-refractivity contribution in [2.24, 2.45) is 5.92 Å². The fourth-order valence-electron chi connectivity index (χ4n) is 2.95. The van der Waals surface area contributed by atoms with Gasteiger partial charge in [-0.2, -0.15) is 0 Å². The van der Waals surface area contributed by atoms with Crippen LogP contribution in [-0.4, -0.2) is 49.7 Å². The van der Waals surface area contributed by atoms with Gasteiger partial charge < -0.3 is 15.0 Å². The number of ether oxygens (including phenoxy) is 1. The number of rotatable bonds is 5. The highest BCUT2D eigenvalue weighted by Gasteiger charge is 2.26. The normalized spacial score (nSPS) is 25.6. The van der Waals surface area contributed by atoms with Gasteiger partial charge in [-0.15, -0.1) is 0 Å². The van der Waals surface area contributed by atoms with Crippen LogP contribution in [0.4, 0.5) is 0 Å². The maximum atomic E-state index is 12.0. The summed E-state index contributed by atoms with van der Waals surface area (Å²) in [5.41, 5.74) is 0. The summed E-state index contributed by atoms with van der Waals surface area (Å²) in [7, 11) is 0. The average molecular weight is 254 g/mol. The number of carbonyl (C=O) groups is 1. The lowest BCUT2D eigenvalue weighted by Gasteiger charge is -2.24. The van der Waals surface area contributed by atoms with Gasteiger partial charge in [-0.1, -0.05) is 13.3 Å². The zero-order chi connectivity index (χ0) is 12.8. The van der Waals surface area contributed by atoms with E-state index in [0.29, 0.717) is 0 Å².